The number of hydrogen-bond acceptors (Lipinski definition) is 5. The van der Waals surface area contributed by atoms with Gasteiger partial charge in [-0.25, -0.2) is 9.69 Å². The van der Waals surface area contributed by atoms with Crippen LogP contribution in [0.15, 0.2) is 71.3 Å². The maximum atomic E-state index is 13.0. The average molecular weight is 402 g/mol. The van der Waals surface area contributed by atoms with E-state index in [1.54, 1.807) is 49.4 Å². The Kier molecular flexibility index (Phi) is 4.75. The second kappa shape index (κ2) is 7.40. The number of nitrogens with one attached hydrogen (secondary N) is 1. The van der Waals surface area contributed by atoms with Crippen molar-refractivity contribution in [2.24, 2.45) is 11.0 Å². The molecule has 2 aromatic carbocycles. The third kappa shape index (κ3) is 3.28. The number of barbiturate groups is 1. The summed E-state index contributed by atoms with van der Waals surface area (Å²) in [4.78, 5) is 51.5. The highest BCUT2D eigenvalue weighted by molar-refractivity contribution is 6.38. The summed E-state index contributed by atoms with van der Waals surface area (Å²) in [5.74, 6) is -2.89. The molecule has 8 nitrogen and oxygen atoms in total. The van der Waals surface area contributed by atoms with Gasteiger partial charge in [0.25, 0.3) is 17.7 Å². The van der Waals surface area contributed by atoms with Gasteiger partial charge in [-0.1, -0.05) is 30.3 Å². The molecule has 0 radical (unpaired) electrons. The highest BCUT2D eigenvalue weighted by Crippen LogP contribution is 2.27. The van der Waals surface area contributed by atoms with Crippen LogP contribution in [0.4, 0.5) is 16.2 Å². The number of hydrogen-bond donors (Lipinski definition) is 1. The molecule has 8 heteroatoms. The summed E-state index contributed by atoms with van der Waals surface area (Å²) < 4.78 is 0. The van der Waals surface area contributed by atoms with Crippen LogP contribution in [0, 0.1) is 12.8 Å². The average Bonchev–Trinajstić information content (AvgIpc) is 2.99. The number of carbonyl (C=O) groups is 4. The highest BCUT2D eigenvalue weighted by Gasteiger charge is 2.40. The van der Waals surface area contributed by atoms with Gasteiger partial charge in [-0.2, -0.15) is 10.1 Å². The Morgan fingerprint density at radius 2 is 1.63 bits per heavy atom. The van der Waals surface area contributed by atoms with Crippen molar-refractivity contribution in [1.82, 2.24) is 5.32 Å². The van der Waals surface area contributed by atoms with Crippen LogP contribution in [-0.4, -0.2) is 29.5 Å². The molecular weight excluding hydrogens is 384 g/mol. The second-order valence-electron chi connectivity index (χ2n) is 7.02. The number of benzene rings is 2. The van der Waals surface area contributed by atoms with Crippen molar-refractivity contribution in [3.05, 3.63) is 71.8 Å². The van der Waals surface area contributed by atoms with Gasteiger partial charge in [0, 0.05) is 0 Å². The van der Waals surface area contributed by atoms with Gasteiger partial charge in [-0.05, 0) is 49.8 Å². The van der Waals surface area contributed by atoms with E-state index in [1.807, 2.05) is 19.1 Å². The predicted octanol–water partition coefficient (Wildman–Crippen LogP) is 2.54. The van der Waals surface area contributed by atoms with Gasteiger partial charge in [-0.15, -0.1) is 0 Å². The molecule has 0 aliphatic carbocycles. The van der Waals surface area contributed by atoms with Crippen molar-refractivity contribution < 1.29 is 19.2 Å². The van der Waals surface area contributed by atoms with E-state index in [4.69, 9.17) is 0 Å². The predicted molar refractivity (Wildman–Crippen MR) is 111 cm³/mol. The van der Waals surface area contributed by atoms with E-state index in [0.717, 1.165) is 10.5 Å². The topological polar surface area (TPSA) is 99.2 Å². The van der Waals surface area contributed by atoms with E-state index in [1.165, 1.54) is 11.1 Å². The molecule has 0 saturated carbocycles. The molecule has 0 aromatic heterocycles. The first-order chi connectivity index (χ1) is 14.4. The molecule has 5 amide bonds. The van der Waals surface area contributed by atoms with Crippen LogP contribution >= 0.6 is 0 Å². The zero-order chi connectivity index (χ0) is 21.4. The van der Waals surface area contributed by atoms with Crippen LogP contribution < -0.4 is 15.2 Å². The summed E-state index contributed by atoms with van der Waals surface area (Å²) >= 11 is 0. The normalized spacial score (nSPS) is 20.7. The van der Waals surface area contributed by atoms with Crippen molar-refractivity contribution in [3.63, 3.8) is 0 Å². The zero-order valence-corrected chi connectivity index (χ0v) is 16.3. The van der Waals surface area contributed by atoms with Gasteiger partial charge in [-0.3, -0.25) is 19.7 Å². The number of anilines is 2. The maximum absolute atomic E-state index is 13.0. The Morgan fingerprint density at radius 3 is 2.33 bits per heavy atom. The zero-order valence-electron chi connectivity index (χ0n) is 16.3. The fourth-order valence-electron chi connectivity index (χ4n) is 3.37. The Bertz CT molecular complexity index is 1140. The van der Waals surface area contributed by atoms with Crippen molar-refractivity contribution in [2.75, 3.05) is 9.91 Å². The van der Waals surface area contributed by atoms with Gasteiger partial charge < -0.3 is 0 Å². The first kappa shape index (κ1) is 19.3. The monoisotopic (exact) mass is 402 g/mol. The fraction of sp³-hybridized carbons (Fsp3) is 0.136. The third-order valence-electron chi connectivity index (χ3n) is 4.88. The number of amides is 5. The van der Waals surface area contributed by atoms with Crippen LogP contribution in [0.5, 0.6) is 0 Å². The summed E-state index contributed by atoms with van der Waals surface area (Å²) in [6.45, 7) is 3.48. The quantitative estimate of drug-likeness (QED) is 0.630. The van der Waals surface area contributed by atoms with E-state index in [0.29, 0.717) is 17.1 Å². The van der Waals surface area contributed by atoms with E-state index in [9.17, 15) is 19.2 Å². The number of hydrazone groups is 1. The lowest BCUT2D eigenvalue weighted by Gasteiger charge is -2.27. The molecule has 1 saturated heterocycles. The molecule has 0 unspecified atom stereocenters. The number of urea groups is 1. The lowest BCUT2D eigenvalue weighted by molar-refractivity contribution is -0.122. The van der Waals surface area contributed by atoms with Crippen molar-refractivity contribution in [1.29, 1.82) is 0 Å². The van der Waals surface area contributed by atoms with Gasteiger partial charge >= 0.3 is 6.03 Å². The summed E-state index contributed by atoms with van der Waals surface area (Å²) in [5, 5.41) is 7.68. The van der Waals surface area contributed by atoms with Crippen molar-refractivity contribution >= 4 is 40.8 Å². The molecule has 2 aliphatic heterocycles. The number of rotatable bonds is 3. The standard InChI is InChI=1S/C22H18N4O4/c1-13-7-6-10-16(11-13)25-20(28)18(19(27)23-22(25)30)12-17-14(2)24-26(21(17)29)15-8-4-3-5-9-15/h3-12,17H,1-2H3,(H,23,27,30)/b18-12-/t17-/m1/s1. The minimum atomic E-state index is -0.887. The van der Waals surface area contributed by atoms with E-state index < -0.39 is 23.8 Å². The molecule has 1 N–H and O–H groups in total. The SMILES string of the molecule is CC1=NN(c2ccccc2)C(=O)[C@@H]1/C=C1/C(=O)NC(=O)N(c2cccc(C)c2)C1=O. The van der Waals surface area contributed by atoms with Gasteiger partial charge in [0.05, 0.1) is 23.0 Å². The molecule has 0 bridgehead atoms. The molecule has 2 aromatic rings. The molecule has 1 fully saturated rings. The fourth-order valence-corrected chi connectivity index (χ4v) is 3.37. The summed E-state index contributed by atoms with van der Waals surface area (Å²) in [7, 11) is 0. The Hall–Kier alpha value is -4.07. The number of imide groups is 2. The van der Waals surface area contributed by atoms with Crippen molar-refractivity contribution in [2.45, 2.75) is 13.8 Å². The lowest BCUT2D eigenvalue weighted by atomic mass is 9.98. The van der Waals surface area contributed by atoms with Gasteiger partial charge in [0.1, 0.15) is 5.57 Å². The summed E-state index contributed by atoms with van der Waals surface area (Å²) in [6, 6.07) is 14.8. The third-order valence-corrected chi connectivity index (χ3v) is 4.88. The largest absolute Gasteiger partial charge is 0.335 e. The molecule has 150 valence electrons. The Labute approximate surface area is 172 Å². The maximum Gasteiger partial charge on any atom is 0.335 e. The number of nitrogens with zero attached hydrogens (tertiary/aromatic N) is 3. The summed E-state index contributed by atoms with van der Waals surface area (Å²) in [5.41, 5.74) is 1.93. The smallest absolute Gasteiger partial charge is 0.273 e. The van der Waals surface area contributed by atoms with E-state index in [2.05, 4.69) is 10.4 Å². The Balaban J connectivity index is 1.68. The molecule has 2 heterocycles. The molecular formula is C22H18N4O4. The van der Waals surface area contributed by atoms with Crippen molar-refractivity contribution in [3.8, 4) is 0 Å². The minimum Gasteiger partial charge on any atom is -0.273 e. The molecule has 1 atom stereocenters. The lowest BCUT2D eigenvalue weighted by Crippen LogP contribution is -2.54. The van der Waals surface area contributed by atoms with Crippen LogP contribution in [0.2, 0.25) is 0 Å². The molecule has 2 aliphatic rings. The molecule has 0 spiro atoms. The minimum absolute atomic E-state index is 0.279. The number of aryl methyl sites for hydroxylation is 1. The van der Waals surface area contributed by atoms with E-state index >= 15 is 0 Å². The van der Waals surface area contributed by atoms with E-state index in [-0.39, 0.29) is 11.5 Å². The second-order valence-corrected chi connectivity index (χ2v) is 7.02. The van der Waals surface area contributed by atoms with Gasteiger partial charge in [0.2, 0.25) is 0 Å². The highest BCUT2D eigenvalue weighted by atomic mass is 16.2. The van der Waals surface area contributed by atoms with Gasteiger partial charge in [0.15, 0.2) is 0 Å². The van der Waals surface area contributed by atoms with Crippen LogP contribution in [-0.2, 0) is 14.4 Å². The summed E-state index contributed by atoms with van der Waals surface area (Å²) in [6.07, 6.45) is 1.27. The van der Waals surface area contributed by atoms with Crippen LogP contribution in [0.3, 0.4) is 0 Å². The number of para-hydroxylation sites is 1. The molecule has 4 rings (SSSR count). The molecule has 30 heavy (non-hydrogen) atoms. The first-order valence-electron chi connectivity index (χ1n) is 9.29. The first-order valence-corrected chi connectivity index (χ1v) is 9.29. The Morgan fingerprint density at radius 1 is 0.933 bits per heavy atom. The number of carbonyl (C=O) groups excluding carboxylic acids is 4. The van der Waals surface area contributed by atoms with Crippen LogP contribution in [0.1, 0.15) is 12.5 Å². The van der Waals surface area contributed by atoms with Crippen LogP contribution in [0.25, 0.3) is 0 Å².